The molecule has 0 aliphatic heterocycles. The summed E-state index contributed by atoms with van der Waals surface area (Å²) < 4.78 is 0. The van der Waals surface area contributed by atoms with E-state index in [1.54, 1.807) is 0 Å². The average Bonchev–Trinajstić information content (AvgIpc) is 2.97. The molecular formula is C36H69N3O2. The Morgan fingerprint density at radius 3 is 1.39 bits per heavy atom. The summed E-state index contributed by atoms with van der Waals surface area (Å²) in [6, 6.07) is -0.626. The van der Waals surface area contributed by atoms with Crippen molar-refractivity contribution in [1.82, 2.24) is 10.6 Å². The first kappa shape index (κ1) is 39.4. The minimum atomic E-state index is -0.626. The number of hydrogen-bond acceptors (Lipinski definition) is 3. The maximum absolute atomic E-state index is 12.4. The van der Waals surface area contributed by atoms with Gasteiger partial charge in [0.15, 0.2) is 0 Å². The maximum atomic E-state index is 12.4. The number of hydrogen-bond donors (Lipinski definition) is 3. The molecule has 1 unspecified atom stereocenters. The lowest BCUT2D eigenvalue weighted by Crippen LogP contribution is -2.50. The summed E-state index contributed by atoms with van der Waals surface area (Å²) in [6.07, 6.45) is 39.5. The zero-order chi connectivity index (χ0) is 30.1. The molecular weight excluding hydrogens is 506 g/mol. The molecule has 0 aromatic heterocycles. The molecule has 0 spiro atoms. The van der Waals surface area contributed by atoms with Crippen molar-refractivity contribution in [3.05, 3.63) is 24.3 Å². The van der Waals surface area contributed by atoms with Crippen LogP contribution in [0.5, 0.6) is 0 Å². The molecule has 4 N–H and O–H groups in total. The van der Waals surface area contributed by atoms with Crippen molar-refractivity contribution in [2.75, 3.05) is 13.1 Å². The van der Waals surface area contributed by atoms with Crippen LogP contribution < -0.4 is 16.4 Å². The molecule has 0 bridgehead atoms. The Hall–Kier alpha value is -1.62. The first-order chi connectivity index (χ1) is 20.2. The van der Waals surface area contributed by atoms with Crippen molar-refractivity contribution in [1.29, 1.82) is 0 Å². The van der Waals surface area contributed by atoms with E-state index in [0.29, 0.717) is 13.0 Å². The molecule has 0 aromatic carbocycles. The molecule has 0 saturated heterocycles. The summed E-state index contributed by atoms with van der Waals surface area (Å²) in [5, 5.41) is 5.78. The van der Waals surface area contributed by atoms with E-state index in [9.17, 15) is 9.59 Å². The largest absolute Gasteiger partial charge is 0.354 e. The second-order valence-corrected chi connectivity index (χ2v) is 11.9. The van der Waals surface area contributed by atoms with Gasteiger partial charge in [-0.2, -0.15) is 0 Å². The van der Waals surface area contributed by atoms with E-state index >= 15 is 0 Å². The van der Waals surface area contributed by atoms with Gasteiger partial charge in [-0.1, -0.05) is 128 Å². The third-order valence-corrected chi connectivity index (χ3v) is 7.79. The van der Waals surface area contributed by atoms with E-state index in [2.05, 4.69) is 48.8 Å². The summed E-state index contributed by atoms with van der Waals surface area (Å²) >= 11 is 0. The van der Waals surface area contributed by atoms with Crippen molar-refractivity contribution in [3.63, 3.8) is 0 Å². The van der Waals surface area contributed by atoms with Crippen LogP contribution in [-0.2, 0) is 9.59 Å². The number of carbonyl (C=O) groups excluding carboxylic acids is 2. The first-order valence-electron chi connectivity index (χ1n) is 17.7. The van der Waals surface area contributed by atoms with Gasteiger partial charge in [0.2, 0.25) is 11.8 Å². The van der Waals surface area contributed by atoms with Gasteiger partial charge < -0.3 is 16.4 Å². The molecule has 5 heteroatoms. The molecule has 0 saturated carbocycles. The molecule has 0 fully saturated rings. The Morgan fingerprint density at radius 1 is 0.561 bits per heavy atom. The van der Waals surface area contributed by atoms with Crippen LogP contribution in [0.4, 0.5) is 0 Å². The lowest BCUT2D eigenvalue weighted by Gasteiger charge is -2.16. The van der Waals surface area contributed by atoms with E-state index in [0.717, 1.165) is 32.1 Å². The van der Waals surface area contributed by atoms with Gasteiger partial charge in [0.1, 0.15) is 6.04 Å². The third kappa shape index (κ3) is 29.7. The Bertz CT molecular complexity index is 632. The monoisotopic (exact) mass is 576 g/mol. The summed E-state index contributed by atoms with van der Waals surface area (Å²) in [5.41, 5.74) is 5.77. The molecule has 0 aliphatic carbocycles. The van der Waals surface area contributed by atoms with Gasteiger partial charge in [-0.15, -0.1) is 0 Å². The third-order valence-electron chi connectivity index (χ3n) is 7.79. The lowest BCUT2D eigenvalue weighted by molar-refractivity contribution is -0.128. The molecule has 1 atom stereocenters. The van der Waals surface area contributed by atoms with Gasteiger partial charge in [0.25, 0.3) is 0 Å². The number of nitrogens with one attached hydrogen (secondary N) is 2. The average molecular weight is 576 g/mol. The highest BCUT2D eigenvalue weighted by Crippen LogP contribution is 2.10. The lowest BCUT2D eigenvalue weighted by atomic mass is 10.1. The van der Waals surface area contributed by atoms with E-state index < -0.39 is 6.04 Å². The number of rotatable bonds is 31. The van der Waals surface area contributed by atoms with Crippen LogP contribution in [0.15, 0.2) is 24.3 Å². The molecule has 0 aromatic rings. The predicted octanol–water partition coefficient (Wildman–Crippen LogP) is 9.45. The van der Waals surface area contributed by atoms with Crippen LogP contribution in [0.1, 0.15) is 174 Å². The summed E-state index contributed by atoms with van der Waals surface area (Å²) in [4.78, 5) is 24.7. The molecule has 240 valence electrons. The SMILES string of the molecule is CCCCCCCC=CCCCCCCCNC(=O)C(CN)NC(=O)CCCCCCCC=CCCCCCCC. The zero-order valence-corrected chi connectivity index (χ0v) is 27.4. The first-order valence-corrected chi connectivity index (χ1v) is 17.7. The standard InChI is InChI=1S/C36H69N3O2/c1-3-5-7-9-11-13-15-17-19-21-23-25-27-29-31-35(40)39-34(33-37)36(41)38-32-30-28-26-24-22-20-18-16-14-12-10-8-6-4-2/h15-18,34H,3-14,19-33,37H2,1-2H3,(H,38,41)(H,39,40). The molecule has 0 heterocycles. The Kier molecular flexibility index (Phi) is 31.6. The maximum Gasteiger partial charge on any atom is 0.243 e. The Balaban J connectivity index is 3.61. The van der Waals surface area contributed by atoms with Crippen LogP contribution in [0.2, 0.25) is 0 Å². The van der Waals surface area contributed by atoms with Crippen molar-refractivity contribution >= 4 is 11.8 Å². The van der Waals surface area contributed by atoms with Crippen molar-refractivity contribution in [2.24, 2.45) is 5.73 Å². The molecule has 0 radical (unpaired) electrons. The van der Waals surface area contributed by atoms with Crippen molar-refractivity contribution in [2.45, 2.75) is 180 Å². The highest BCUT2D eigenvalue weighted by atomic mass is 16.2. The highest BCUT2D eigenvalue weighted by molar-refractivity contribution is 5.87. The van der Waals surface area contributed by atoms with E-state index in [1.807, 2.05) is 0 Å². The van der Waals surface area contributed by atoms with E-state index in [1.165, 1.54) is 122 Å². The number of unbranched alkanes of at least 4 members (excludes halogenated alkanes) is 20. The van der Waals surface area contributed by atoms with Crippen molar-refractivity contribution < 1.29 is 9.59 Å². The van der Waals surface area contributed by atoms with Crippen LogP contribution in [0.3, 0.4) is 0 Å². The normalized spacial score (nSPS) is 12.4. The van der Waals surface area contributed by atoms with Gasteiger partial charge in [0.05, 0.1) is 0 Å². The second-order valence-electron chi connectivity index (χ2n) is 11.9. The Morgan fingerprint density at radius 2 is 0.951 bits per heavy atom. The number of amides is 2. The minimum Gasteiger partial charge on any atom is -0.354 e. The van der Waals surface area contributed by atoms with E-state index in [-0.39, 0.29) is 18.4 Å². The molecule has 0 rings (SSSR count). The molecule has 0 aliphatic rings. The minimum absolute atomic E-state index is 0.0667. The number of nitrogens with two attached hydrogens (primary N) is 1. The zero-order valence-electron chi connectivity index (χ0n) is 27.4. The smallest absolute Gasteiger partial charge is 0.243 e. The van der Waals surface area contributed by atoms with E-state index in [4.69, 9.17) is 5.73 Å². The van der Waals surface area contributed by atoms with Gasteiger partial charge in [-0.25, -0.2) is 0 Å². The summed E-state index contributed by atoms with van der Waals surface area (Å²) in [7, 11) is 0. The van der Waals surface area contributed by atoms with Gasteiger partial charge >= 0.3 is 0 Å². The van der Waals surface area contributed by atoms with Crippen LogP contribution in [-0.4, -0.2) is 30.9 Å². The van der Waals surface area contributed by atoms with Crippen LogP contribution in [0, 0.1) is 0 Å². The quantitative estimate of drug-likeness (QED) is 0.0568. The number of allylic oxidation sites excluding steroid dienone is 4. The highest BCUT2D eigenvalue weighted by Gasteiger charge is 2.18. The fourth-order valence-electron chi connectivity index (χ4n) is 5.03. The summed E-state index contributed by atoms with van der Waals surface area (Å²) in [6.45, 7) is 5.30. The topological polar surface area (TPSA) is 84.2 Å². The molecule has 41 heavy (non-hydrogen) atoms. The summed E-state index contributed by atoms with van der Waals surface area (Å²) in [5.74, 6) is -0.224. The molecule has 5 nitrogen and oxygen atoms in total. The predicted molar refractivity (Wildman–Crippen MR) is 179 cm³/mol. The fourth-order valence-corrected chi connectivity index (χ4v) is 5.03. The molecule has 2 amide bonds. The Labute approximate surface area is 255 Å². The van der Waals surface area contributed by atoms with Crippen molar-refractivity contribution in [3.8, 4) is 0 Å². The van der Waals surface area contributed by atoms with Gasteiger partial charge in [-0.05, 0) is 64.2 Å². The van der Waals surface area contributed by atoms with Crippen LogP contribution in [0.25, 0.3) is 0 Å². The van der Waals surface area contributed by atoms with Gasteiger partial charge in [-0.3, -0.25) is 9.59 Å². The second kappa shape index (κ2) is 32.9. The van der Waals surface area contributed by atoms with Gasteiger partial charge in [0, 0.05) is 19.5 Å². The fraction of sp³-hybridized carbons (Fsp3) is 0.833. The van der Waals surface area contributed by atoms with Crippen LogP contribution >= 0.6 is 0 Å². The number of carbonyl (C=O) groups is 2.